The highest BCUT2D eigenvalue weighted by Crippen LogP contribution is 2.20. The quantitative estimate of drug-likeness (QED) is 0.612. The predicted octanol–water partition coefficient (Wildman–Crippen LogP) is 3.44. The Labute approximate surface area is 170 Å². The summed E-state index contributed by atoms with van der Waals surface area (Å²) in [6, 6.07) is 15.2. The Kier molecular flexibility index (Phi) is 8.25. The predicted molar refractivity (Wildman–Crippen MR) is 113 cm³/mol. The highest BCUT2D eigenvalue weighted by atomic mass is 35.5. The van der Waals surface area contributed by atoms with E-state index in [-0.39, 0.29) is 30.3 Å². The summed E-state index contributed by atoms with van der Waals surface area (Å²) >= 11 is 0. The van der Waals surface area contributed by atoms with Gasteiger partial charge in [-0.2, -0.15) is 0 Å². The third kappa shape index (κ3) is 6.23. The number of carbonyl (C=O) groups is 2. The maximum Gasteiger partial charge on any atom is 0.323 e. The van der Waals surface area contributed by atoms with Crippen LogP contribution in [0.5, 0.6) is 0 Å². The highest BCUT2D eigenvalue weighted by molar-refractivity contribution is 6.00. The lowest BCUT2D eigenvalue weighted by molar-refractivity contribution is -0.119. The fourth-order valence-corrected chi connectivity index (χ4v) is 3.00. The van der Waals surface area contributed by atoms with Crippen LogP contribution in [0.4, 0.5) is 21.9 Å². The third-order valence-corrected chi connectivity index (χ3v) is 4.50. The lowest BCUT2D eigenvalue weighted by Crippen LogP contribution is -2.44. The number of halogens is 1. The number of hydrogen-bond acceptors (Lipinski definition) is 4. The maximum atomic E-state index is 12.4. The first-order valence-electron chi connectivity index (χ1n) is 8.99. The Balaban J connectivity index is 0.00000280. The Bertz CT molecular complexity index is 782. The number of nitrogens with one attached hydrogen (secondary N) is 3. The van der Waals surface area contributed by atoms with Crippen LogP contribution in [0, 0.1) is 5.92 Å². The van der Waals surface area contributed by atoms with Crippen molar-refractivity contribution in [2.45, 2.75) is 18.9 Å². The van der Waals surface area contributed by atoms with Gasteiger partial charge in [0.15, 0.2) is 0 Å². The topological polar surface area (TPSA) is 105 Å². The van der Waals surface area contributed by atoms with Crippen LogP contribution in [0.3, 0.4) is 0 Å². The Hall–Kier alpha value is -2.61. The summed E-state index contributed by atoms with van der Waals surface area (Å²) in [4.78, 5) is 24.5. The number of urea groups is 1. The average molecular weight is 405 g/mol. The number of anilines is 3. The molecule has 3 rings (SSSR count). The molecule has 0 aliphatic carbocycles. The van der Waals surface area contributed by atoms with Crippen molar-refractivity contribution in [2.24, 2.45) is 11.7 Å². The zero-order valence-corrected chi connectivity index (χ0v) is 16.2. The molecule has 0 bridgehead atoms. The first kappa shape index (κ1) is 21.7. The number of para-hydroxylation sites is 1. The SMILES string of the molecule is Cl.NC(C(=O)Nc1cccc(NC(=O)Nc2ccccc2)c1)C1CCOCC1. The van der Waals surface area contributed by atoms with Gasteiger partial charge < -0.3 is 26.4 Å². The first-order valence-corrected chi connectivity index (χ1v) is 8.99. The van der Waals surface area contributed by atoms with E-state index in [1.165, 1.54) is 0 Å². The van der Waals surface area contributed by atoms with Gasteiger partial charge in [0.2, 0.25) is 5.91 Å². The van der Waals surface area contributed by atoms with Crippen molar-refractivity contribution in [1.29, 1.82) is 0 Å². The molecule has 5 N–H and O–H groups in total. The van der Waals surface area contributed by atoms with E-state index in [1.54, 1.807) is 36.4 Å². The van der Waals surface area contributed by atoms with E-state index < -0.39 is 6.04 Å². The van der Waals surface area contributed by atoms with Crippen molar-refractivity contribution in [3.05, 3.63) is 54.6 Å². The number of benzene rings is 2. The molecule has 0 radical (unpaired) electrons. The monoisotopic (exact) mass is 404 g/mol. The number of rotatable bonds is 5. The third-order valence-electron chi connectivity index (χ3n) is 4.50. The molecule has 1 atom stereocenters. The first-order chi connectivity index (χ1) is 13.1. The van der Waals surface area contributed by atoms with Crippen LogP contribution >= 0.6 is 12.4 Å². The van der Waals surface area contributed by atoms with Gasteiger partial charge in [-0.3, -0.25) is 4.79 Å². The number of amides is 3. The molecule has 0 saturated carbocycles. The molecule has 1 aliphatic rings. The van der Waals surface area contributed by atoms with E-state index in [9.17, 15) is 9.59 Å². The van der Waals surface area contributed by atoms with Crippen molar-refractivity contribution < 1.29 is 14.3 Å². The van der Waals surface area contributed by atoms with Gasteiger partial charge in [-0.25, -0.2) is 4.79 Å². The van der Waals surface area contributed by atoms with Gasteiger partial charge in [-0.05, 0) is 49.1 Å². The van der Waals surface area contributed by atoms with Crippen molar-refractivity contribution in [3.63, 3.8) is 0 Å². The fraction of sp³-hybridized carbons (Fsp3) is 0.300. The summed E-state index contributed by atoms with van der Waals surface area (Å²) in [6.45, 7) is 1.28. The lowest BCUT2D eigenvalue weighted by atomic mass is 9.92. The van der Waals surface area contributed by atoms with Crippen molar-refractivity contribution in [2.75, 3.05) is 29.2 Å². The van der Waals surface area contributed by atoms with E-state index in [0.29, 0.717) is 30.3 Å². The van der Waals surface area contributed by atoms with Crippen molar-refractivity contribution in [3.8, 4) is 0 Å². The van der Waals surface area contributed by atoms with Gasteiger partial charge in [0.1, 0.15) is 0 Å². The second-order valence-corrected chi connectivity index (χ2v) is 6.49. The van der Waals surface area contributed by atoms with E-state index in [2.05, 4.69) is 16.0 Å². The summed E-state index contributed by atoms with van der Waals surface area (Å²) in [5.74, 6) is -0.107. The van der Waals surface area contributed by atoms with Crippen LogP contribution in [0.1, 0.15) is 12.8 Å². The standard InChI is InChI=1S/C20H24N4O3.ClH/c21-18(14-9-11-27-12-10-14)19(25)22-16-7-4-8-17(13-16)24-20(26)23-15-5-2-1-3-6-15;/h1-8,13-14,18H,9-12,21H2,(H,22,25)(H2,23,24,26);1H. The molecule has 8 heteroatoms. The minimum absolute atomic E-state index is 0. The largest absolute Gasteiger partial charge is 0.381 e. The summed E-state index contributed by atoms with van der Waals surface area (Å²) in [5, 5.41) is 8.32. The molecular formula is C20H25ClN4O3. The molecule has 1 aliphatic heterocycles. The van der Waals surface area contributed by atoms with E-state index in [1.807, 2.05) is 18.2 Å². The molecule has 2 aromatic rings. The summed E-state index contributed by atoms with van der Waals surface area (Å²) in [6.07, 6.45) is 1.58. The van der Waals surface area contributed by atoms with Gasteiger partial charge in [-0.1, -0.05) is 24.3 Å². The van der Waals surface area contributed by atoms with Crippen LogP contribution < -0.4 is 21.7 Å². The van der Waals surface area contributed by atoms with Crippen LogP contribution in [-0.2, 0) is 9.53 Å². The molecule has 1 heterocycles. The molecule has 2 aromatic carbocycles. The molecule has 0 spiro atoms. The summed E-state index contributed by atoms with van der Waals surface area (Å²) in [5.41, 5.74) is 7.95. The molecule has 1 unspecified atom stereocenters. The second kappa shape index (κ2) is 10.7. The van der Waals surface area contributed by atoms with Gasteiger partial charge in [0.25, 0.3) is 0 Å². The van der Waals surface area contributed by atoms with Crippen LogP contribution in [0.25, 0.3) is 0 Å². The lowest BCUT2D eigenvalue weighted by Gasteiger charge is -2.26. The maximum absolute atomic E-state index is 12.4. The summed E-state index contributed by atoms with van der Waals surface area (Å²) in [7, 11) is 0. The smallest absolute Gasteiger partial charge is 0.323 e. The van der Waals surface area contributed by atoms with Crippen molar-refractivity contribution in [1.82, 2.24) is 0 Å². The zero-order valence-electron chi connectivity index (χ0n) is 15.4. The van der Waals surface area contributed by atoms with E-state index in [0.717, 1.165) is 12.8 Å². The number of ether oxygens (including phenoxy) is 1. The number of hydrogen-bond donors (Lipinski definition) is 4. The number of carbonyl (C=O) groups excluding carboxylic acids is 2. The summed E-state index contributed by atoms with van der Waals surface area (Å²) < 4.78 is 5.31. The van der Waals surface area contributed by atoms with E-state index >= 15 is 0 Å². The molecule has 1 fully saturated rings. The molecular weight excluding hydrogens is 380 g/mol. The molecule has 7 nitrogen and oxygen atoms in total. The fourth-order valence-electron chi connectivity index (χ4n) is 3.00. The molecule has 0 aromatic heterocycles. The normalized spacial score (nSPS) is 15.0. The molecule has 150 valence electrons. The Morgan fingerprint density at radius 1 is 0.893 bits per heavy atom. The Morgan fingerprint density at radius 2 is 1.46 bits per heavy atom. The van der Waals surface area contributed by atoms with Crippen LogP contribution in [-0.4, -0.2) is 31.2 Å². The zero-order chi connectivity index (χ0) is 19.1. The van der Waals surface area contributed by atoms with Gasteiger partial charge in [0.05, 0.1) is 6.04 Å². The average Bonchev–Trinajstić information content (AvgIpc) is 2.69. The van der Waals surface area contributed by atoms with Crippen LogP contribution in [0.2, 0.25) is 0 Å². The van der Waals surface area contributed by atoms with E-state index in [4.69, 9.17) is 10.5 Å². The minimum Gasteiger partial charge on any atom is -0.381 e. The van der Waals surface area contributed by atoms with Crippen molar-refractivity contribution >= 4 is 41.4 Å². The molecule has 1 saturated heterocycles. The second-order valence-electron chi connectivity index (χ2n) is 6.49. The van der Waals surface area contributed by atoms with Gasteiger partial charge in [0, 0.05) is 30.3 Å². The minimum atomic E-state index is -0.577. The van der Waals surface area contributed by atoms with Gasteiger partial charge >= 0.3 is 6.03 Å². The molecule has 3 amide bonds. The molecule has 28 heavy (non-hydrogen) atoms. The van der Waals surface area contributed by atoms with Gasteiger partial charge in [-0.15, -0.1) is 12.4 Å². The Morgan fingerprint density at radius 3 is 2.14 bits per heavy atom. The number of nitrogens with two attached hydrogens (primary N) is 1. The van der Waals surface area contributed by atoms with Crippen LogP contribution in [0.15, 0.2) is 54.6 Å². The highest BCUT2D eigenvalue weighted by Gasteiger charge is 2.26.